The van der Waals surface area contributed by atoms with Crippen molar-refractivity contribution in [2.45, 2.75) is 13.8 Å². The fourth-order valence-electron chi connectivity index (χ4n) is 4.05. The Hall–Kier alpha value is -4.91. The minimum atomic E-state index is -0.695. The Morgan fingerprint density at radius 1 is 1.03 bits per heavy atom. The number of carbonyl (C=O) groups excluding carboxylic acids is 1. The molecule has 0 fully saturated rings. The lowest BCUT2D eigenvalue weighted by molar-refractivity contribution is -0.114. The molecule has 0 saturated heterocycles. The zero-order valence-corrected chi connectivity index (χ0v) is 20.0. The van der Waals surface area contributed by atoms with Crippen molar-refractivity contribution in [1.82, 2.24) is 13.7 Å². The molecule has 2 N–H and O–H groups in total. The first-order chi connectivity index (χ1) is 17.0. The zero-order chi connectivity index (χ0) is 26.3. The molecule has 0 spiro atoms. The Bertz CT molecular complexity index is 1790. The van der Waals surface area contributed by atoms with E-state index in [0.717, 1.165) is 10.6 Å². The summed E-state index contributed by atoms with van der Waals surface area (Å²) in [6.45, 7) is 2.85. The van der Waals surface area contributed by atoms with Crippen LogP contribution in [0, 0.1) is 25.1 Å². The van der Waals surface area contributed by atoms with Crippen molar-refractivity contribution in [3.05, 3.63) is 90.6 Å². The molecule has 182 valence electrons. The molecule has 4 aromatic rings. The van der Waals surface area contributed by atoms with Crippen LogP contribution in [-0.2, 0) is 18.9 Å². The van der Waals surface area contributed by atoms with E-state index >= 15 is 0 Å². The van der Waals surface area contributed by atoms with Crippen LogP contribution in [0.3, 0.4) is 0 Å². The number of nitrogens with zero attached hydrogens (tertiary/aromatic N) is 3. The second kappa shape index (κ2) is 9.03. The van der Waals surface area contributed by atoms with Gasteiger partial charge >= 0.3 is 5.69 Å². The minimum absolute atomic E-state index is 0.000299. The van der Waals surface area contributed by atoms with Crippen LogP contribution in [0.25, 0.3) is 16.6 Å². The van der Waals surface area contributed by atoms with E-state index in [2.05, 4.69) is 16.6 Å². The molecule has 2 aromatic heterocycles. The summed E-state index contributed by atoms with van der Waals surface area (Å²) in [4.78, 5) is 51.4. The van der Waals surface area contributed by atoms with Crippen LogP contribution in [0.2, 0.25) is 0 Å². The Kier molecular flexibility index (Phi) is 6.08. The van der Waals surface area contributed by atoms with Gasteiger partial charge in [0, 0.05) is 37.8 Å². The second-order valence-electron chi connectivity index (χ2n) is 8.24. The monoisotopic (exact) mass is 487 g/mol. The first-order valence-corrected chi connectivity index (χ1v) is 10.8. The SMILES string of the molecule is C#Cc1ccc(Nc2c3c(=O)n(C)c(=O)n(-c4cccc(NC(C)=O)c4)c3c(C)c(=O)n2C)c(F)c1. The van der Waals surface area contributed by atoms with Gasteiger partial charge in [0.15, 0.2) is 0 Å². The molecule has 0 atom stereocenters. The minimum Gasteiger partial charge on any atom is -0.338 e. The molecule has 0 unspecified atom stereocenters. The average Bonchev–Trinajstić information content (AvgIpc) is 2.84. The predicted octanol–water partition coefficient (Wildman–Crippen LogP) is 2.52. The van der Waals surface area contributed by atoms with Gasteiger partial charge in [-0.3, -0.25) is 28.1 Å². The molecular formula is C26H22FN5O4. The van der Waals surface area contributed by atoms with Crippen LogP contribution < -0.4 is 27.4 Å². The van der Waals surface area contributed by atoms with Gasteiger partial charge in [0.2, 0.25) is 5.91 Å². The van der Waals surface area contributed by atoms with Crippen LogP contribution >= 0.6 is 0 Å². The molecule has 4 rings (SSSR count). The number of carbonyl (C=O) groups is 1. The fourth-order valence-corrected chi connectivity index (χ4v) is 4.05. The first-order valence-electron chi connectivity index (χ1n) is 10.8. The molecular weight excluding hydrogens is 465 g/mol. The summed E-state index contributed by atoms with van der Waals surface area (Å²) in [5.74, 6) is 1.35. The third-order valence-corrected chi connectivity index (χ3v) is 5.82. The number of rotatable bonds is 4. The summed E-state index contributed by atoms with van der Waals surface area (Å²) in [5, 5.41) is 5.49. The quantitative estimate of drug-likeness (QED) is 0.430. The Balaban J connectivity index is 2.11. The number of terminal acetylenes is 1. The van der Waals surface area contributed by atoms with Gasteiger partial charge in [-0.1, -0.05) is 12.0 Å². The molecule has 2 heterocycles. The summed E-state index contributed by atoms with van der Waals surface area (Å²) in [7, 11) is 2.75. The van der Waals surface area contributed by atoms with E-state index < -0.39 is 22.6 Å². The van der Waals surface area contributed by atoms with Crippen LogP contribution in [0.15, 0.2) is 56.8 Å². The standard InChI is InChI=1S/C26H22FN5O4/c1-6-16-10-11-20(19(27)12-16)29-23-21-22(14(2)24(34)30(23)4)32(26(36)31(5)25(21)35)18-9-7-8-17(13-18)28-15(3)33/h1,7-13,29H,2-5H3,(H,28,33). The maximum atomic E-state index is 14.8. The number of nitrogens with one attached hydrogen (secondary N) is 2. The lowest BCUT2D eigenvalue weighted by Gasteiger charge is -2.20. The molecule has 0 radical (unpaired) electrons. The van der Waals surface area contributed by atoms with Gasteiger partial charge in [-0.15, -0.1) is 6.42 Å². The lowest BCUT2D eigenvalue weighted by atomic mass is 10.1. The van der Waals surface area contributed by atoms with E-state index in [4.69, 9.17) is 6.42 Å². The molecule has 10 heteroatoms. The van der Waals surface area contributed by atoms with Crippen molar-refractivity contribution in [2.75, 3.05) is 10.6 Å². The number of aromatic nitrogens is 3. The Morgan fingerprint density at radius 3 is 2.39 bits per heavy atom. The number of hydrogen-bond acceptors (Lipinski definition) is 5. The molecule has 0 aliphatic rings. The molecule has 0 bridgehead atoms. The molecule has 2 aromatic carbocycles. The summed E-state index contributed by atoms with van der Waals surface area (Å²) >= 11 is 0. The van der Waals surface area contributed by atoms with Gasteiger partial charge in [-0.25, -0.2) is 9.18 Å². The van der Waals surface area contributed by atoms with Gasteiger partial charge in [0.1, 0.15) is 17.0 Å². The number of benzene rings is 2. The topological polar surface area (TPSA) is 107 Å². The predicted molar refractivity (Wildman–Crippen MR) is 137 cm³/mol. The van der Waals surface area contributed by atoms with Gasteiger partial charge < -0.3 is 10.6 Å². The number of fused-ring (bicyclic) bond motifs is 1. The van der Waals surface area contributed by atoms with E-state index in [1.165, 1.54) is 49.2 Å². The number of hydrogen-bond donors (Lipinski definition) is 2. The summed E-state index contributed by atoms with van der Waals surface area (Å²) < 4.78 is 18.1. The van der Waals surface area contributed by atoms with E-state index in [9.17, 15) is 23.6 Å². The highest BCUT2D eigenvalue weighted by molar-refractivity contribution is 5.94. The third-order valence-electron chi connectivity index (χ3n) is 5.82. The highest BCUT2D eigenvalue weighted by Gasteiger charge is 2.23. The number of aryl methyl sites for hydroxylation is 1. The van der Waals surface area contributed by atoms with Gasteiger partial charge in [0.25, 0.3) is 11.1 Å². The number of halogens is 1. The number of pyridine rings is 1. The Morgan fingerprint density at radius 2 is 1.75 bits per heavy atom. The van der Waals surface area contributed by atoms with Crippen LogP contribution in [0.4, 0.5) is 21.6 Å². The lowest BCUT2D eigenvalue weighted by Crippen LogP contribution is -2.40. The first kappa shape index (κ1) is 24.2. The van der Waals surface area contributed by atoms with Crippen molar-refractivity contribution in [3.8, 4) is 18.0 Å². The van der Waals surface area contributed by atoms with Crippen LogP contribution in [0.1, 0.15) is 18.1 Å². The summed E-state index contributed by atoms with van der Waals surface area (Å²) in [5.41, 5.74) is -0.611. The fraction of sp³-hybridized carbons (Fsp3) is 0.154. The van der Waals surface area contributed by atoms with Crippen molar-refractivity contribution in [1.29, 1.82) is 0 Å². The van der Waals surface area contributed by atoms with E-state index in [-0.39, 0.29) is 33.9 Å². The number of amides is 1. The zero-order valence-electron chi connectivity index (χ0n) is 20.0. The highest BCUT2D eigenvalue weighted by Crippen LogP contribution is 2.27. The van der Waals surface area contributed by atoms with Crippen molar-refractivity contribution in [3.63, 3.8) is 0 Å². The third kappa shape index (κ3) is 3.96. The van der Waals surface area contributed by atoms with E-state index in [1.807, 2.05) is 0 Å². The maximum Gasteiger partial charge on any atom is 0.335 e. The molecule has 36 heavy (non-hydrogen) atoms. The summed E-state index contributed by atoms with van der Waals surface area (Å²) in [6, 6.07) is 10.5. The van der Waals surface area contributed by atoms with E-state index in [1.54, 1.807) is 24.3 Å². The molecule has 0 aliphatic carbocycles. The van der Waals surface area contributed by atoms with Crippen molar-refractivity contribution < 1.29 is 9.18 Å². The average molecular weight is 487 g/mol. The maximum absolute atomic E-state index is 14.8. The van der Waals surface area contributed by atoms with Crippen LogP contribution in [0.5, 0.6) is 0 Å². The number of anilines is 3. The van der Waals surface area contributed by atoms with Crippen molar-refractivity contribution >= 4 is 34.0 Å². The highest BCUT2D eigenvalue weighted by atomic mass is 19.1. The molecule has 9 nitrogen and oxygen atoms in total. The second-order valence-corrected chi connectivity index (χ2v) is 8.24. The van der Waals surface area contributed by atoms with Gasteiger partial charge in [-0.05, 0) is 43.3 Å². The van der Waals surface area contributed by atoms with Gasteiger partial charge in [0.05, 0.1) is 16.9 Å². The summed E-state index contributed by atoms with van der Waals surface area (Å²) in [6.07, 6.45) is 5.33. The largest absolute Gasteiger partial charge is 0.338 e. The Labute approximate surface area is 204 Å². The van der Waals surface area contributed by atoms with Crippen LogP contribution in [-0.4, -0.2) is 19.6 Å². The van der Waals surface area contributed by atoms with E-state index in [0.29, 0.717) is 16.9 Å². The molecule has 1 amide bonds. The van der Waals surface area contributed by atoms with Gasteiger partial charge in [-0.2, -0.15) is 0 Å². The molecule has 0 aliphatic heterocycles. The smallest absolute Gasteiger partial charge is 0.335 e. The molecule has 0 saturated carbocycles. The van der Waals surface area contributed by atoms with Crippen molar-refractivity contribution in [2.24, 2.45) is 14.1 Å². The normalized spacial score (nSPS) is 10.8.